The molecule has 6 atom stereocenters. The number of ether oxygens (including phenoxy) is 5. The molecule has 15 nitrogen and oxygen atoms in total. The zero-order valence-electron chi connectivity index (χ0n) is 28.5. The summed E-state index contributed by atoms with van der Waals surface area (Å²) < 4.78 is 27.5. The van der Waals surface area contributed by atoms with Crippen molar-refractivity contribution in [3.63, 3.8) is 0 Å². The number of hydrogen-bond acceptors (Lipinski definition) is 11. The lowest BCUT2D eigenvalue weighted by atomic mass is 10.0. The Morgan fingerprint density at radius 3 is 1.31 bits per heavy atom. The van der Waals surface area contributed by atoms with Crippen LogP contribution in [0.5, 0.6) is 0 Å². The predicted molar refractivity (Wildman–Crippen MR) is 188 cm³/mol. The molecule has 0 spiro atoms. The summed E-state index contributed by atoms with van der Waals surface area (Å²) in [5.41, 5.74) is 0. The van der Waals surface area contributed by atoms with Crippen molar-refractivity contribution >= 4 is 47.4 Å². The van der Waals surface area contributed by atoms with Gasteiger partial charge in [-0.2, -0.15) is 23.5 Å². The van der Waals surface area contributed by atoms with Gasteiger partial charge in [-0.25, -0.2) is 9.59 Å². The molecule has 6 amide bonds. The minimum atomic E-state index is -0.0622. The van der Waals surface area contributed by atoms with Gasteiger partial charge in [-0.1, -0.05) is 12.8 Å². The number of urea groups is 2. The van der Waals surface area contributed by atoms with Crippen molar-refractivity contribution in [2.24, 2.45) is 0 Å². The van der Waals surface area contributed by atoms with Gasteiger partial charge in [0.05, 0.1) is 90.2 Å². The lowest BCUT2D eigenvalue weighted by Crippen LogP contribution is -2.36. The third-order valence-corrected chi connectivity index (χ3v) is 11.8. The number of nitrogens with one attached hydrogen (secondary N) is 6. The Kier molecular flexibility index (Phi) is 19.0. The van der Waals surface area contributed by atoms with Gasteiger partial charge in [0.15, 0.2) is 0 Å². The molecule has 0 aliphatic carbocycles. The molecule has 0 bridgehead atoms. The van der Waals surface area contributed by atoms with Crippen LogP contribution in [-0.2, 0) is 33.3 Å². The highest BCUT2D eigenvalue weighted by molar-refractivity contribution is 8.00. The van der Waals surface area contributed by atoms with Gasteiger partial charge >= 0.3 is 12.1 Å². The maximum absolute atomic E-state index is 12.0. The number of rotatable bonds is 28. The van der Waals surface area contributed by atoms with E-state index in [2.05, 4.69) is 31.9 Å². The molecule has 0 aromatic carbocycles. The second-order valence-electron chi connectivity index (χ2n) is 12.5. The van der Waals surface area contributed by atoms with Gasteiger partial charge < -0.3 is 55.6 Å². The molecule has 0 aromatic rings. The molecule has 6 N–H and O–H groups in total. The van der Waals surface area contributed by atoms with E-state index in [1.54, 1.807) is 0 Å². The Hall–Kier alpha value is -2.02. The molecule has 4 fully saturated rings. The Balaban J connectivity index is 0.794. The second-order valence-corrected chi connectivity index (χ2v) is 15.0. The zero-order valence-corrected chi connectivity index (χ0v) is 30.1. The average molecular weight is 733 g/mol. The van der Waals surface area contributed by atoms with E-state index >= 15 is 0 Å². The molecular formula is C32H56N6O9S2. The fourth-order valence-corrected chi connectivity index (χ4v) is 9.32. The first-order valence-corrected chi connectivity index (χ1v) is 19.9. The van der Waals surface area contributed by atoms with Crippen LogP contribution < -0.4 is 31.9 Å². The minimum absolute atomic E-state index is 0.0400. The molecular weight excluding hydrogens is 677 g/mol. The molecule has 0 unspecified atom stereocenters. The Bertz CT molecular complexity index is 942. The van der Waals surface area contributed by atoms with Crippen molar-refractivity contribution in [1.29, 1.82) is 0 Å². The van der Waals surface area contributed by atoms with E-state index in [4.69, 9.17) is 23.7 Å². The molecule has 49 heavy (non-hydrogen) atoms. The number of unbranched alkanes of at least 4 members (excludes halogenated alkanes) is 2. The highest BCUT2D eigenvalue weighted by atomic mass is 32.2. The molecule has 4 aliphatic rings. The van der Waals surface area contributed by atoms with Crippen molar-refractivity contribution in [3.8, 4) is 0 Å². The molecule has 0 aromatic heterocycles. The van der Waals surface area contributed by atoms with Gasteiger partial charge in [-0.05, 0) is 25.7 Å². The maximum Gasteiger partial charge on any atom is 0.315 e. The van der Waals surface area contributed by atoms with Crippen LogP contribution in [0.1, 0.15) is 51.4 Å². The molecule has 0 radical (unpaired) electrons. The molecule has 4 saturated heterocycles. The Morgan fingerprint density at radius 2 is 0.918 bits per heavy atom. The molecule has 17 heteroatoms. The van der Waals surface area contributed by atoms with Gasteiger partial charge in [0.2, 0.25) is 11.8 Å². The summed E-state index contributed by atoms with van der Waals surface area (Å²) in [6.07, 6.45) is 6.65. The molecule has 4 aliphatic heterocycles. The SMILES string of the molecule is O=C(CCCC[C@@H]1SC[C@H]2NC(=O)N[C@H]12)NCCOCCOCCOCCOCCOCCNC(=O)CCCC[C@H]1SC[C@H]2NC(=O)N[C@@H]21. The highest BCUT2D eigenvalue weighted by Crippen LogP contribution is 2.34. The first-order chi connectivity index (χ1) is 24.0. The summed E-state index contributed by atoms with van der Waals surface area (Å²) in [6.45, 7) is 5.56. The largest absolute Gasteiger partial charge is 0.377 e. The molecule has 4 rings (SSSR count). The summed E-state index contributed by atoms with van der Waals surface area (Å²) in [7, 11) is 0. The fraction of sp³-hybridized carbons (Fsp3) is 0.875. The average Bonchev–Trinajstić information content (AvgIpc) is 3.84. The summed E-state index contributed by atoms with van der Waals surface area (Å²) in [5, 5.41) is 18.6. The number of hydrogen-bond donors (Lipinski definition) is 6. The number of amides is 6. The fourth-order valence-electron chi connectivity index (χ4n) is 6.23. The van der Waals surface area contributed by atoms with Gasteiger partial charge in [0, 0.05) is 47.9 Å². The first kappa shape index (κ1) is 39.8. The van der Waals surface area contributed by atoms with Crippen LogP contribution in [0.3, 0.4) is 0 Å². The van der Waals surface area contributed by atoms with Gasteiger partial charge in [-0.3, -0.25) is 9.59 Å². The normalized spacial score (nSPS) is 25.3. The van der Waals surface area contributed by atoms with E-state index in [0.717, 1.165) is 50.0 Å². The molecule has 280 valence electrons. The summed E-state index contributed by atoms with van der Waals surface area (Å²) in [5.74, 6) is 2.00. The number of fused-ring (bicyclic) bond motifs is 2. The van der Waals surface area contributed by atoms with Gasteiger partial charge in [0.25, 0.3) is 0 Å². The third kappa shape index (κ3) is 15.4. The lowest BCUT2D eigenvalue weighted by Gasteiger charge is -2.16. The molecule has 4 heterocycles. The summed E-state index contributed by atoms with van der Waals surface area (Å²) >= 11 is 3.80. The van der Waals surface area contributed by atoms with Crippen LogP contribution in [0.15, 0.2) is 0 Å². The van der Waals surface area contributed by atoms with E-state index in [0.29, 0.717) is 102 Å². The maximum atomic E-state index is 12.0. The van der Waals surface area contributed by atoms with Crippen LogP contribution in [-0.4, -0.2) is 149 Å². The van der Waals surface area contributed by atoms with Crippen molar-refractivity contribution in [2.75, 3.05) is 90.7 Å². The van der Waals surface area contributed by atoms with Crippen molar-refractivity contribution in [2.45, 2.75) is 86.0 Å². The zero-order chi connectivity index (χ0) is 34.5. The van der Waals surface area contributed by atoms with E-state index in [1.807, 2.05) is 23.5 Å². The van der Waals surface area contributed by atoms with Crippen LogP contribution in [0, 0.1) is 0 Å². The summed E-state index contributed by atoms with van der Waals surface area (Å²) in [6, 6.07) is 0.805. The monoisotopic (exact) mass is 732 g/mol. The number of thioether (sulfide) groups is 2. The van der Waals surface area contributed by atoms with Crippen LogP contribution in [0.2, 0.25) is 0 Å². The lowest BCUT2D eigenvalue weighted by molar-refractivity contribution is -0.122. The van der Waals surface area contributed by atoms with E-state index in [-0.39, 0.29) is 48.0 Å². The Labute approximate surface area is 298 Å². The van der Waals surface area contributed by atoms with E-state index < -0.39 is 0 Å². The van der Waals surface area contributed by atoms with Crippen LogP contribution in [0.25, 0.3) is 0 Å². The Morgan fingerprint density at radius 1 is 0.551 bits per heavy atom. The number of carbonyl (C=O) groups excluding carboxylic acids is 4. The van der Waals surface area contributed by atoms with Crippen molar-refractivity contribution in [1.82, 2.24) is 31.9 Å². The van der Waals surface area contributed by atoms with E-state index in [9.17, 15) is 19.2 Å². The highest BCUT2D eigenvalue weighted by Gasteiger charge is 2.43. The molecule has 0 saturated carbocycles. The third-order valence-electron chi connectivity index (χ3n) is 8.79. The second kappa shape index (κ2) is 23.5. The van der Waals surface area contributed by atoms with Gasteiger partial charge in [0.1, 0.15) is 0 Å². The smallest absolute Gasteiger partial charge is 0.315 e. The first-order valence-electron chi connectivity index (χ1n) is 17.8. The van der Waals surface area contributed by atoms with Crippen molar-refractivity contribution < 1.29 is 42.9 Å². The van der Waals surface area contributed by atoms with Crippen LogP contribution >= 0.6 is 23.5 Å². The minimum Gasteiger partial charge on any atom is -0.377 e. The van der Waals surface area contributed by atoms with Crippen molar-refractivity contribution in [3.05, 3.63) is 0 Å². The predicted octanol–water partition coefficient (Wildman–Crippen LogP) is 0.753. The topological polar surface area (TPSA) is 187 Å². The van der Waals surface area contributed by atoms with Gasteiger partial charge in [-0.15, -0.1) is 0 Å². The standard InChI is InChI=1S/C32H56N6O9S2/c39-27(7-3-1-5-25-29-23(21-48-25)35-31(41)37-29)33-9-11-43-13-15-45-17-19-47-20-18-46-16-14-44-12-10-34-28(40)8-4-2-6-26-30-24(22-49-26)36-32(42)38-30/h23-26,29-30H,1-22H2,(H,33,39)(H,34,40)(H2,35,37,41)(H2,36,38,42)/t23-,24-,25-,26+,29+,30+/m1/s1. The van der Waals surface area contributed by atoms with Crippen LogP contribution in [0.4, 0.5) is 9.59 Å². The summed E-state index contributed by atoms with van der Waals surface area (Å²) in [4.78, 5) is 47.0. The van der Waals surface area contributed by atoms with E-state index in [1.165, 1.54) is 0 Å². The number of carbonyl (C=O) groups is 4. The quantitative estimate of drug-likeness (QED) is 0.0493.